The molecule has 3 amide bonds. The smallest absolute Gasteiger partial charge is 0.321 e. The molecule has 4 rings (SSSR count). The molecule has 9 heteroatoms. The van der Waals surface area contributed by atoms with Gasteiger partial charge in [-0.3, -0.25) is 4.79 Å². The molecule has 0 atom stereocenters. The van der Waals surface area contributed by atoms with Gasteiger partial charge < -0.3 is 20.4 Å². The van der Waals surface area contributed by atoms with Crippen molar-refractivity contribution in [1.29, 1.82) is 0 Å². The summed E-state index contributed by atoms with van der Waals surface area (Å²) in [7, 11) is 0. The quantitative estimate of drug-likeness (QED) is 0.563. The van der Waals surface area contributed by atoms with Gasteiger partial charge in [0.05, 0.1) is 10.0 Å². The van der Waals surface area contributed by atoms with Crippen LogP contribution < -0.4 is 15.5 Å². The summed E-state index contributed by atoms with van der Waals surface area (Å²) < 4.78 is 0. The predicted octanol–water partition coefficient (Wildman–Crippen LogP) is 4.99. The molecule has 3 aromatic rings. The number of carbonyl (C=O) groups is 2. The van der Waals surface area contributed by atoms with Crippen LogP contribution in [0.5, 0.6) is 0 Å². The number of amides is 3. The second kappa shape index (κ2) is 9.89. The van der Waals surface area contributed by atoms with Crippen molar-refractivity contribution in [3.05, 3.63) is 82.5 Å². The SMILES string of the molecule is O=C(Nc1ccccc1)c1ccc(NC(=O)N2CCN(c3ncc(Cl)cc3Cl)CC2)cc1. The highest BCUT2D eigenvalue weighted by molar-refractivity contribution is 6.36. The number of rotatable bonds is 4. The molecule has 0 bridgehead atoms. The first-order chi connectivity index (χ1) is 15.5. The Labute approximate surface area is 195 Å². The van der Waals surface area contributed by atoms with Crippen LogP contribution in [0, 0.1) is 0 Å². The van der Waals surface area contributed by atoms with E-state index in [4.69, 9.17) is 23.2 Å². The summed E-state index contributed by atoms with van der Waals surface area (Å²) in [5.41, 5.74) is 1.85. The zero-order valence-electron chi connectivity index (χ0n) is 17.1. The van der Waals surface area contributed by atoms with E-state index in [0.29, 0.717) is 53.3 Å². The Hall–Kier alpha value is -3.29. The summed E-state index contributed by atoms with van der Waals surface area (Å²) in [5.74, 6) is 0.458. The number of anilines is 3. The molecule has 7 nitrogen and oxygen atoms in total. The molecule has 2 aromatic carbocycles. The van der Waals surface area contributed by atoms with Crippen molar-refractivity contribution >= 4 is 52.3 Å². The van der Waals surface area contributed by atoms with Crippen molar-refractivity contribution in [2.75, 3.05) is 41.7 Å². The summed E-state index contributed by atoms with van der Waals surface area (Å²) >= 11 is 12.2. The van der Waals surface area contributed by atoms with E-state index in [2.05, 4.69) is 15.6 Å². The van der Waals surface area contributed by atoms with Crippen LogP contribution in [0.25, 0.3) is 0 Å². The van der Waals surface area contributed by atoms with Gasteiger partial charge in [-0.1, -0.05) is 41.4 Å². The molecule has 2 heterocycles. The normalized spacial score (nSPS) is 13.6. The molecule has 2 N–H and O–H groups in total. The number of nitrogens with one attached hydrogen (secondary N) is 2. The number of carbonyl (C=O) groups excluding carboxylic acids is 2. The fourth-order valence-corrected chi connectivity index (χ4v) is 3.89. The zero-order chi connectivity index (χ0) is 22.5. The molecule has 32 heavy (non-hydrogen) atoms. The van der Waals surface area contributed by atoms with Crippen LogP contribution in [0.2, 0.25) is 10.0 Å². The third kappa shape index (κ3) is 5.30. The summed E-state index contributed by atoms with van der Waals surface area (Å²) in [4.78, 5) is 33.1. The maximum Gasteiger partial charge on any atom is 0.321 e. The number of halogens is 2. The van der Waals surface area contributed by atoms with E-state index >= 15 is 0 Å². The lowest BCUT2D eigenvalue weighted by molar-refractivity contribution is 0.102. The molecule has 0 spiro atoms. The van der Waals surface area contributed by atoms with Gasteiger partial charge in [0.25, 0.3) is 5.91 Å². The van der Waals surface area contributed by atoms with Crippen LogP contribution in [0.15, 0.2) is 66.9 Å². The van der Waals surface area contributed by atoms with E-state index in [9.17, 15) is 9.59 Å². The number of nitrogens with zero attached hydrogens (tertiary/aromatic N) is 3. The highest BCUT2D eigenvalue weighted by Crippen LogP contribution is 2.27. The molecule has 1 saturated heterocycles. The van der Waals surface area contributed by atoms with Crippen molar-refractivity contribution < 1.29 is 9.59 Å². The third-order valence-electron chi connectivity index (χ3n) is 5.08. The van der Waals surface area contributed by atoms with Gasteiger partial charge in [-0.25, -0.2) is 9.78 Å². The summed E-state index contributed by atoms with van der Waals surface area (Å²) in [6.07, 6.45) is 1.56. The van der Waals surface area contributed by atoms with Gasteiger partial charge >= 0.3 is 6.03 Å². The van der Waals surface area contributed by atoms with Gasteiger partial charge in [0.1, 0.15) is 5.82 Å². The molecule has 164 valence electrons. The number of aromatic nitrogens is 1. The first-order valence-corrected chi connectivity index (χ1v) is 10.8. The van der Waals surface area contributed by atoms with Gasteiger partial charge in [-0.05, 0) is 42.5 Å². The summed E-state index contributed by atoms with van der Waals surface area (Å²) in [6, 6.07) is 17.5. The van der Waals surface area contributed by atoms with Crippen LogP contribution in [0.3, 0.4) is 0 Å². The number of benzene rings is 2. The Bertz CT molecular complexity index is 1100. The Morgan fingerprint density at radius 1 is 0.844 bits per heavy atom. The largest absolute Gasteiger partial charge is 0.352 e. The third-order valence-corrected chi connectivity index (χ3v) is 5.57. The molecular weight excluding hydrogens is 449 g/mol. The van der Waals surface area contributed by atoms with Gasteiger partial charge in [-0.2, -0.15) is 0 Å². The molecule has 1 aliphatic heterocycles. The number of hydrogen-bond donors (Lipinski definition) is 2. The maximum absolute atomic E-state index is 12.6. The minimum atomic E-state index is -0.209. The minimum Gasteiger partial charge on any atom is -0.352 e. The van der Waals surface area contributed by atoms with Crippen molar-refractivity contribution in [1.82, 2.24) is 9.88 Å². The van der Waals surface area contributed by atoms with Gasteiger partial charge in [-0.15, -0.1) is 0 Å². The van der Waals surface area contributed by atoms with Crippen LogP contribution in [-0.2, 0) is 0 Å². The standard InChI is InChI=1S/C23H21Cl2N5O2/c24-17-14-20(25)21(26-15-17)29-10-12-30(13-11-29)23(32)28-19-8-6-16(7-9-19)22(31)27-18-4-2-1-3-5-18/h1-9,14-15H,10-13H2,(H,27,31)(H,28,32). The van der Waals surface area contributed by atoms with Gasteiger partial charge in [0.2, 0.25) is 0 Å². The molecule has 0 aliphatic carbocycles. The van der Waals surface area contributed by atoms with Crippen LogP contribution in [-0.4, -0.2) is 48.0 Å². The van der Waals surface area contributed by atoms with E-state index in [1.165, 1.54) is 0 Å². The lowest BCUT2D eigenvalue weighted by Crippen LogP contribution is -2.50. The Balaban J connectivity index is 1.30. The van der Waals surface area contributed by atoms with Gasteiger partial charge in [0.15, 0.2) is 0 Å². The molecule has 0 unspecified atom stereocenters. The van der Waals surface area contributed by atoms with Crippen LogP contribution in [0.1, 0.15) is 10.4 Å². The zero-order valence-corrected chi connectivity index (χ0v) is 18.6. The van der Waals surface area contributed by atoms with Crippen molar-refractivity contribution in [2.45, 2.75) is 0 Å². The Morgan fingerprint density at radius 2 is 1.50 bits per heavy atom. The molecule has 1 aromatic heterocycles. The second-order valence-electron chi connectivity index (χ2n) is 7.26. The highest BCUT2D eigenvalue weighted by Gasteiger charge is 2.23. The van der Waals surface area contributed by atoms with Crippen molar-refractivity contribution in [3.63, 3.8) is 0 Å². The molecule has 0 saturated carbocycles. The summed E-state index contributed by atoms with van der Waals surface area (Å²) in [6.45, 7) is 2.29. The second-order valence-corrected chi connectivity index (χ2v) is 8.10. The minimum absolute atomic E-state index is 0.193. The summed E-state index contributed by atoms with van der Waals surface area (Å²) in [5, 5.41) is 6.69. The molecular formula is C23H21Cl2N5O2. The average Bonchev–Trinajstić information content (AvgIpc) is 2.80. The highest BCUT2D eigenvalue weighted by atomic mass is 35.5. The van der Waals surface area contributed by atoms with Gasteiger partial charge in [0, 0.05) is 49.3 Å². The number of hydrogen-bond acceptors (Lipinski definition) is 4. The lowest BCUT2D eigenvalue weighted by Gasteiger charge is -2.35. The van der Waals surface area contributed by atoms with E-state index in [0.717, 1.165) is 5.69 Å². The van der Waals surface area contributed by atoms with E-state index in [-0.39, 0.29) is 11.9 Å². The number of urea groups is 1. The fourth-order valence-electron chi connectivity index (χ4n) is 3.39. The first-order valence-electron chi connectivity index (χ1n) is 10.1. The monoisotopic (exact) mass is 469 g/mol. The number of piperazine rings is 1. The number of pyridine rings is 1. The molecule has 1 aliphatic rings. The fraction of sp³-hybridized carbons (Fsp3) is 0.174. The van der Waals surface area contributed by atoms with Crippen molar-refractivity contribution in [2.24, 2.45) is 0 Å². The average molecular weight is 470 g/mol. The maximum atomic E-state index is 12.6. The van der Waals surface area contributed by atoms with E-state index in [1.54, 1.807) is 41.4 Å². The first kappa shape index (κ1) is 21.9. The Kier molecular flexibility index (Phi) is 6.78. The van der Waals surface area contributed by atoms with E-state index < -0.39 is 0 Å². The molecule has 1 fully saturated rings. The predicted molar refractivity (Wildman–Crippen MR) is 128 cm³/mol. The van der Waals surface area contributed by atoms with E-state index in [1.807, 2.05) is 35.2 Å². The van der Waals surface area contributed by atoms with Crippen molar-refractivity contribution in [3.8, 4) is 0 Å². The Morgan fingerprint density at radius 3 is 2.16 bits per heavy atom. The topological polar surface area (TPSA) is 77.6 Å². The molecule has 0 radical (unpaired) electrons. The lowest BCUT2D eigenvalue weighted by atomic mass is 10.2. The van der Waals surface area contributed by atoms with Crippen LogP contribution >= 0.6 is 23.2 Å². The number of para-hydroxylation sites is 1. The van der Waals surface area contributed by atoms with Crippen LogP contribution in [0.4, 0.5) is 22.0 Å².